The Morgan fingerprint density at radius 2 is 1.86 bits per heavy atom. The van der Waals surface area contributed by atoms with Gasteiger partial charge in [-0.3, -0.25) is 14.4 Å². The second-order valence-electron chi connectivity index (χ2n) is 10.00. The highest BCUT2D eigenvalue weighted by atomic mass is 16.5. The molecule has 0 saturated heterocycles. The smallest absolute Gasteiger partial charge is 0.302 e. The normalized spacial score (nSPS) is 48.0. The first-order valence-electron chi connectivity index (χ1n) is 10.2. The zero-order valence-electron chi connectivity index (χ0n) is 17.0. The summed E-state index contributed by atoms with van der Waals surface area (Å²) >= 11 is 0. The standard InChI is InChI=1S/C22H28O7/c1-10-12-8-13(29-11(2)24)15-21(9-23)7-5-6-20(3,4)16(21)14(25)19(28)22(15,17(10)26)18(12)27/h9,12-16,18,25,27H,1,5-8H2,2-4H3. The molecule has 4 rings (SSSR count). The SMILES string of the molecule is C=C1C(=O)C23C(=O)C(O)C4C(C)(C)CCCC4(C=O)C2C(OC(C)=O)CC1C3O. The molecule has 2 bridgehead atoms. The van der Waals surface area contributed by atoms with Gasteiger partial charge in [0.1, 0.15) is 23.9 Å². The van der Waals surface area contributed by atoms with Crippen LogP contribution in [-0.4, -0.2) is 52.3 Å². The average molecular weight is 404 g/mol. The molecule has 8 unspecified atom stereocenters. The first-order chi connectivity index (χ1) is 13.5. The van der Waals surface area contributed by atoms with Crippen LogP contribution in [0.1, 0.15) is 46.5 Å². The van der Waals surface area contributed by atoms with Gasteiger partial charge in [-0.1, -0.05) is 26.8 Å². The highest BCUT2D eigenvalue weighted by Crippen LogP contribution is 2.69. The van der Waals surface area contributed by atoms with Gasteiger partial charge in [-0.05, 0) is 30.3 Å². The number of hydrogen-bond donors (Lipinski definition) is 2. The van der Waals surface area contributed by atoms with Crippen molar-refractivity contribution in [1.82, 2.24) is 0 Å². The molecule has 158 valence electrons. The lowest BCUT2D eigenvalue weighted by Gasteiger charge is -2.64. The maximum Gasteiger partial charge on any atom is 0.302 e. The molecule has 1 spiro atoms. The van der Waals surface area contributed by atoms with E-state index in [4.69, 9.17) is 4.74 Å². The van der Waals surface area contributed by atoms with Gasteiger partial charge < -0.3 is 19.7 Å². The van der Waals surface area contributed by atoms with Gasteiger partial charge in [0.25, 0.3) is 0 Å². The molecule has 0 aromatic carbocycles. The van der Waals surface area contributed by atoms with Crippen molar-refractivity contribution in [3.63, 3.8) is 0 Å². The summed E-state index contributed by atoms with van der Waals surface area (Å²) in [5, 5.41) is 22.3. The summed E-state index contributed by atoms with van der Waals surface area (Å²) in [7, 11) is 0. The molecule has 4 fully saturated rings. The fourth-order valence-electron chi connectivity index (χ4n) is 7.42. The minimum Gasteiger partial charge on any atom is -0.462 e. The summed E-state index contributed by atoms with van der Waals surface area (Å²) < 4.78 is 5.57. The fourth-order valence-corrected chi connectivity index (χ4v) is 7.42. The quantitative estimate of drug-likeness (QED) is 0.305. The van der Waals surface area contributed by atoms with Crippen molar-refractivity contribution in [2.75, 3.05) is 0 Å². The third-order valence-electron chi connectivity index (χ3n) is 8.27. The Bertz CT molecular complexity index is 829. The maximum absolute atomic E-state index is 13.6. The molecule has 0 aromatic rings. The Morgan fingerprint density at radius 1 is 1.21 bits per heavy atom. The van der Waals surface area contributed by atoms with Gasteiger partial charge in [0.2, 0.25) is 0 Å². The van der Waals surface area contributed by atoms with E-state index in [1.807, 2.05) is 13.8 Å². The van der Waals surface area contributed by atoms with Crippen molar-refractivity contribution >= 4 is 23.8 Å². The number of fused-ring (bicyclic) bond motifs is 3. The molecule has 0 heterocycles. The van der Waals surface area contributed by atoms with Crippen LogP contribution in [0, 0.1) is 34.0 Å². The van der Waals surface area contributed by atoms with E-state index < -0.39 is 69.8 Å². The molecular formula is C22H28O7. The van der Waals surface area contributed by atoms with Crippen LogP contribution in [0.2, 0.25) is 0 Å². The maximum atomic E-state index is 13.6. The Kier molecular flexibility index (Phi) is 4.28. The van der Waals surface area contributed by atoms with Crippen molar-refractivity contribution in [3.05, 3.63) is 12.2 Å². The molecule has 7 heteroatoms. The van der Waals surface area contributed by atoms with E-state index in [2.05, 4.69) is 6.58 Å². The Hall–Kier alpha value is -1.86. The number of ketones is 2. The van der Waals surface area contributed by atoms with E-state index in [1.54, 1.807) is 0 Å². The number of rotatable bonds is 2. The third-order valence-corrected chi connectivity index (χ3v) is 8.27. The third kappa shape index (κ3) is 2.20. The van der Waals surface area contributed by atoms with Crippen molar-refractivity contribution < 1.29 is 34.1 Å². The van der Waals surface area contributed by atoms with E-state index in [-0.39, 0.29) is 12.0 Å². The van der Waals surface area contributed by atoms with E-state index in [0.29, 0.717) is 19.3 Å². The highest BCUT2D eigenvalue weighted by molar-refractivity contribution is 6.20. The summed E-state index contributed by atoms with van der Waals surface area (Å²) in [6, 6.07) is 0. The second-order valence-corrected chi connectivity index (χ2v) is 10.00. The number of aliphatic hydroxyl groups is 2. The zero-order valence-corrected chi connectivity index (χ0v) is 17.0. The van der Waals surface area contributed by atoms with Crippen molar-refractivity contribution in [1.29, 1.82) is 0 Å². The predicted molar refractivity (Wildman–Crippen MR) is 100 cm³/mol. The molecule has 7 nitrogen and oxygen atoms in total. The highest BCUT2D eigenvalue weighted by Gasteiger charge is 2.80. The minimum absolute atomic E-state index is 0.104. The summed E-state index contributed by atoms with van der Waals surface area (Å²) in [6.45, 7) is 8.85. The molecule has 0 radical (unpaired) electrons. The summed E-state index contributed by atoms with van der Waals surface area (Å²) in [4.78, 5) is 51.6. The number of carbonyl (C=O) groups is 4. The number of aliphatic hydroxyl groups excluding tert-OH is 2. The van der Waals surface area contributed by atoms with E-state index in [9.17, 15) is 29.4 Å². The lowest BCUT2D eigenvalue weighted by atomic mass is 9.38. The number of ether oxygens (including phenoxy) is 1. The fraction of sp³-hybridized carbons (Fsp3) is 0.727. The molecule has 2 N–H and O–H groups in total. The topological polar surface area (TPSA) is 118 Å². The van der Waals surface area contributed by atoms with Crippen molar-refractivity contribution in [2.24, 2.45) is 34.0 Å². The summed E-state index contributed by atoms with van der Waals surface area (Å²) in [5.41, 5.74) is -3.70. The Labute approximate surface area is 169 Å². The average Bonchev–Trinajstić information content (AvgIpc) is 2.75. The molecule has 0 aliphatic heterocycles. The largest absolute Gasteiger partial charge is 0.462 e. The van der Waals surface area contributed by atoms with E-state index in [1.165, 1.54) is 6.92 Å². The van der Waals surface area contributed by atoms with E-state index in [0.717, 1.165) is 6.29 Å². The lowest BCUT2D eigenvalue weighted by Crippen LogP contribution is -2.74. The number of hydrogen-bond acceptors (Lipinski definition) is 7. The zero-order chi connectivity index (χ0) is 21.5. The van der Waals surface area contributed by atoms with Crippen molar-refractivity contribution in [2.45, 2.75) is 64.8 Å². The van der Waals surface area contributed by atoms with Gasteiger partial charge in [-0.25, -0.2) is 0 Å². The van der Waals surface area contributed by atoms with Crippen molar-refractivity contribution in [3.8, 4) is 0 Å². The number of esters is 1. The van der Waals surface area contributed by atoms with E-state index >= 15 is 0 Å². The Morgan fingerprint density at radius 3 is 2.45 bits per heavy atom. The van der Waals surface area contributed by atoms with Gasteiger partial charge in [0, 0.05) is 30.1 Å². The Balaban J connectivity index is 2.02. The predicted octanol–water partition coefficient (Wildman–Crippen LogP) is 0.996. The number of Topliss-reactive ketones (excluding diaryl/α,β-unsaturated/α-hetero) is 2. The van der Waals surface area contributed by atoms with Gasteiger partial charge in [-0.2, -0.15) is 0 Å². The molecule has 8 atom stereocenters. The van der Waals surface area contributed by atoms with Crippen LogP contribution < -0.4 is 0 Å². The van der Waals surface area contributed by atoms with Gasteiger partial charge in [0.15, 0.2) is 11.6 Å². The summed E-state index contributed by atoms with van der Waals surface area (Å²) in [5.74, 6) is -4.45. The molecule has 4 aliphatic carbocycles. The second kappa shape index (κ2) is 6.08. The molecule has 29 heavy (non-hydrogen) atoms. The molecule has 4 saturated carbocycles. The van der Waals surface area contributed by atoms with Gasteiger partial charge in [-0.15, -0.1) is 0 Å². The minimum atomic E-state index is -2.00. The first kappa shape index (κ1) is 20.4. The van der Waals surface area contributed by atoms with Gasteiger partial charge >= 0.3 is 5.97 Å². The number of carbonyl (C=O) groups excluding carboxylic acids is 4. The lowest BCUT2D eigenvalue weighted by molar-refractivity contribution is -0.233. The van der Waals surface area contributed by atoms with Crippen LogP contribution in [-0.2, 0) is 23.9 Å². The van der Waals surface area contributed by atoms with Crippen LogP contribution in [0.25, 0.3) is 0 Å². The first-order valence-corrected chi connectivity index (χ1v) is 10.2. The molecule has 0 amide bonds. The van der Waals surface area contributed by atoms with Gasteiger partial charge in [0.05, 0.1) is 6.10 Å². The molecule has 0 aromatic heterocycles. The number of aldehydes is 1. The van der Waals surface area contributed by atoms with Crippen LogP contribution in [0.5, 0.6) is 0 Å². The molecular weight excluding hydrogens is 376 g/mol. The van der Waals surface area contributed by atoms with Crippen LogP contribution in [0.15, 0.2) is 12.2 Å². The van der Waals surface area contributed by atoms with Crippen LogP contribution in [0.3, 0.4) is 0 Å². The monoisotopic (exact) mass is 404 g/mol. The van der Waals surface area contributed by atoms with Crippen LogP contribution in [0.4, 0.5) is 0 Å². The molecule has 4 aliphatic rings. The summed E-state index contributed by atoms with van der Waals surface area (Å²) in [6.07, 6.45) is -1.23. The van der Waals surface area contributed by atoms with Crippen LogP contribution >= 0.6 is 0 Å².